The fraction of sp³-hybridized carbons (Fsp3) is 0.417. The van der Waals surface area contributed by atoms with Crippen molar-refractivity contribution in [1.82, 2.24) is 5.32 Å². The summed E-state index contributed by atoms with van der Waals surface area (Å²) in [5.74, 6) is -0.319. The highest BCUT2D eigenvalue weighted by atomic mass is 16.1. The molecule has 0 heterocycles. The van der Waals surface area contributed by atoms with Gasteiger partial charge in [0.1, 0.15) is 0 Å². The molecule has 0 saturated heterocycles. The molecule has 0 aliphatic carbocycles. The van der Waals surface area contributed by atoms with E-state index in [1.54, 1.807) is 0 Å². The first-order chi connectivity index (χ1) is 7.65. The molecule has 0 fully saturated rings. The van der Waals surface area contributed by atoms with Gasteiger partial charge in [-0.2, -0.15) is 0 Å². The molecule has 0 radical (unpaired) electrons. The largest absolute Gasteiger partial charge is 0.368 e. The van der Waals surface area contributed by atoms with Gasteiger partial charge in [0, 0.05) is 19.3 Å². The van der Waals surface area contributed by atoms with Gasteiger partial charge in [-0.1, -0.05) is 25.1 Å². The molecule has 4 nitrogen and oxygen atoms in total. The Balaban J connectivity index is 2.80. The van der Waals surface area contributed by atoms with Crippen molar-refractivity contribution >= 4 is 11.6 Å². The van der Waals surface area contributed by atoms with Crippen molar-refractivity contribution in [2.24, 2.45) is 5.73 Å². The Hall–Kier alpha value is -1.55. The van der Waals surface area contributed by atoms with Gasteiger partial charge in [0.05, 0.1) is 6.54 Å². The van der Waals surface area contributed by atoms with Gasteiger partial charge in [-0.25, -0.2) is 0 Å². The minimum absolute atomic E-state index is 0.239. The van der Waals surface area contributed by atoms with Crippen LogP contribution in [0.4, 0.5) is 5.69 Å². The number of nitrogens with zero attached hydrogens (tertiary/aromatic N) is 1. The van der Waals surface area contributed by atoms with Crippen LogP contribution in [0.25, 0.3) is 0 Å². The molecule has 0 atom stereocenters. The summed E-state index contributed by atoms with van der Waals surface area (Å²) in [6, 6.07) is 8.00. The molecule has 16 heavy (non-hydrogen) atoms. The average Bonchev–Trinajstić information content (AvgIpc) is 2.25. The van der Waals surface area contributed by atoms with Crippen molar-refractivity contribution in [2.45, 2.75) is 13.5 Å². The molecule has 0 unspecified atom stereocenters. The Labute approximate surface area is 96.4 Å². The molecule has 0 bridgehead atoms. The zero-order valence-electron chi connectivity index (χ0n) is 9.86. The van der Waals surface area contributed by atoms with Gasteiger partial charge < -0.3 is 16.0 Å². The van der Waals surface area contributed by atoms with Crippen molar-refractivity contribution in [3.05, 3.63) is 29.8 Å². The van der Waals surface area contributed by atoms with E-state index in [0.29, 0.717) is 0 Å². The first kappa shape index (κ1) is 12.5. The zero-order chi connectivity index (χ0) is 12.0. The average molecular weight is 221 g/mol. The summed E-state index contributed by atoms with van der Waals surface area (Å²) in [7, 11) is 1.87. The second-order valence-electron chi connectivity index (χ2n) is 3.73. The normalized spacial score (nSPS) is 10.1. The van der Waals surface area contributed by atoms with Crippen molar-refractivity contribution in [2.75, 3.05) is 25.0 Å². The number of carbonyl (C=O) groups is 1. The van der Waals surface area contributed by atoms with Crippen molar-refractivity contribution in [1.29, 1.82) is 0 Å². The number of nitrogens with one attached hydrogen (secondary N) is 1. The summed E-state index contributed by atoms with van der Waals surface area (Å²) in [6.07, 6.45) is 0. The molecule has 0 saturated carbocycles. The maximum absolute atomic E-state index is 10.9. The molecule has 0 spiro atoms. The molecule has 3 N–H and O–H groups in total. The summed E-state index contributed by atoms with van der Waals surface area (Å²) < 4.78 is 0. The number of carbonyl (C=O) groups excluding carboxylic acids is 1. The quantitative estimate of drug-likeness (QED) is 0.744. The van der Waals surface area contributed by atoms with E-state index in [1.807, 2.05) is 30.1 Å². The van der Waals surface area contributed by atoms with E-state index in [0.717, 1.165) is 18.8 Å². The lowest BCUT2D eigenvalue weighted by atomic mass is 10.1. The summed E-state index contributed by atoms with van der Waals surface area (Å²) in [5.41, 5.74) is 7.40. The van der Waals surface area contributed by atoms with Crippen LogP contribution in [0.2, 0.25) is 0 Å². The van der Waals surface area contributed by atoms with E-state index in [9.17, 15) is 4.79 Å². The Kier molecular flexibility index (Phi) is 4.79. The first-order valence-corrected chi connectivity index (χ1v) is 5.43. The van der Waals surface area contributed by atoms with Crippen LogP contribution < -0.4 is 16.0 Å². The number of benzene rings is 1. The molecule has 1 amide bonds. The standard InChI is InChI=1S/C12H19N3O/c1-3-14-8-10-6-4-5-7-11(10)15(2)9-12(13)16/h4-7,14H,3,8-9H2,1-2H3,(H2,13,16). The molecule has 0 aromatic heterocycles. The van der Waals surface area contributed by atoms with Crippen LogP contribution in [0.1, 0.15) is 12.5 Å². The number of amides is 1. The fourth-order valence-electron chi connectivity index (χ4n) is 1.61. The maximum atomic E-state index is 10.9. The molecule has 1 rings (SSSR count). The Morgan fingerprint density at radius 1 is 1.44 bits per heavy atom. The lowest BCUT2D eigenvalue weighted by Gasteiger charge is -2.21. The Bertz CT molecular complexity index is 352. The van der Waals surface area contributed by atoms with E-state index >= 15 is 0 Å². The van der Waals surface area contributed by atoms with E-state index in [1.165, 1.54) is 5.56 Å². The van der Waals surface area contributed by atoms with Crippen LogP contribution in [0, 0.1) is 0 Å². The van der Waals surface area contributed by atoms with Crippen LogP contribution in [0.15, 0.2) is 24.3 Å². The number of primary amides is 1. The van der Waals surface area contributed by atoms with Crippen LogP contribution in [0.3, 0.4) is 0 Å². The highest BCUT2D eigenvalue weighted by molar-refractivity contribution is 5.79. The molecule has 1 aromatic carbocycles. The molecule has 1 aromatic rings. The van der Waals surface area contributed by atoms with Crippen LogP contribution in [0.5, 0.6) is 0 Å². The monoisotopic (exact) mass is 221 g/mol. The highest BCUT2D eigenvalue weighted by Crippen LogP contribution is 2.18. The Morgan fingerprint density at radius 3 is 2.75 bits per heavy atom. The lowest BCUT2D eigenvalue weighted by molar-refractivity contribution is -0.116. The minimum Gasteiger partial charge on any atom is -0.368 e. The van der Waals surface area contributed by atoms with Gasteiger partial charge in [-0.05, 0) is 18.2 Å². The van der Waals surface area contributed by atoms with Crippen LogP contribution >= 0.6 is 0 Å². The Morgan fingerprint density at radius 2 is 2.12 bits per heavy atom. The van der Waals surface area contributed by atoms with Gasteiger partial charge in [0.2, 0.25) is 5.91 Å². The van der Waals surface area contributed by atoms with Gasteiger partial charge in [0.25, 0.3) is 0 Å². The number of anilines is 1. The minimum atomic E-state index is -0.319. The van der Waals surface area contributed by atoms with Gasteiger partial charge in [-0.3, -0.25) is 4.79 Å². The SMILES string of the molecule is CCNCc1ccccc1N(C)CC(N)=O. The molecule has 4 heteroatoms. The molecular formula is C12H19N3O. The van der Waals surface area contributed by atoms with E-state index in [4.69, 9.17) is 5.73 Å². The molecule has 0 aliphatic rings. The number of nitrogens with two attached hydrogens (primary N) is 1. The predicted molar refractivity (Wildman–Crippen MR) is 66.3 cm³/mol. The molecule has 88 valence electrons. The topological polar surface area (TPSA) is 58.4 Å². The van der Waals surface area contributed by atoms with Gasteiger partial charge >= 0.3 is 0 Å². The first-order valence-electron chi connectivity index (χ1n) is 5.43. The maximum Gasteiger partial charge on any atom is 0.236 e. The number of para-hydroxylation sites is 1. The van der Waals surface area contributed by atoms with E-state index < -0.39 is 0 Å². The third kappa shape index (κ3) is 3.55. The summed E-state index contributed by atoms with van der Waals surface area (Å²) in [5, 5.41) is 3.27. The molecular weight excluding hydrogens is 202 g/mol. The van der Waals surface area contributed by atoms with Gasteiger partial charge in [0.15, 0.2) is 0 Å². The number of likely N-dealkylation sites (N-methyl/N-ethyl adjacent to an activating group) is 1. The van der Waals surface area contributed by atoms with Crippen molar-refractivity contribution in [3.8, 4) is 0 Å². The summed E-state index contributed by atoms with van der Waals surface area (Å²) in [4.78, 5) is 12.7. The predicted octanol–water partition coefficient (Wildman–Crippen LogP) is 0.718. The van der Waals surface area contributed by atoms with Crippen LogP contribution in [-0.2, 0) is 11.3 Å². The van der Waals surface area contributed by atoms with Crippen molar-refractivity contribution in [3.63, 3.8) is 0 Å². The molecule has 0 aliphatic heterocycles. The summed E-state index contributed by atoms with van der Waals surface area (Å²) >= 11 is 0. The third-order valence-corrected chi connectivity index (χ3v) is 2.36. The lowest BCUT2D eigenvalue weighted by Crippen LogP contribution is -2.31. The van der Waals surface area contributed by atoms with Gasteiger partial charge in [-0.15, -0.1) is 0 Å². The second kappa shape index (κ2) is 6.12. The van der Waals surface area contributed by atoms with E-state index in [2.05, 4.69) is 18.3 Å². The van der Waals surface area contributed by atoms with Crippen LogP contribution in [-0.4, -0.2) is 26.0 Å². The second-order valence-corrected chi connectivity index (χ2v) is 3.73. The number of rotatable bonds is 6. The number of hydrogen-bond acceptors (Lipinski definition) is 3. The smallest absolute Gasteiger partial charge is 0.236 e. The van der Waals surface area contributed by atoms with E-state index in [-0.39, 0.29) is 12.5 Å². The zero-order valence-corrected chi connectivity index (χ0v) is 9.86. The third-order valence-electron chi connectivity index (χ3n) is 2.36. The summed E-state index contributed by atoms with van der Waals surface area (Å²) in [6.45, 7) is 4.03. The number of hydrogen-bond donors (Lipinski definition) is 2. The van der Waals surface area contributed by atoms with Crippen molar-refractivity contribution < 1.29 is 4.79 Å². The fourth-order valence-corrected chi connectivity index (χ4v) is 1.61. The highest BCUT2D eigenvalue weighted by Gasteiger charge is 2.08.